The number of unbranched alkanes of at least 4 members (excludes halogenated alkanes) is 3. The van der Waals surface area contributed by atoms with Crippen molar-refractivity contribution in [2.45, 2.75) is 71.2 Å². The molecule has 0 radical (unpaired) electrons. The molecule has 0 saturated carbocycles. The second-order valence-electron chi connectivity index (χ2n) is 12.7. The van der Waals surface area contributed by atoms with Crippen molar-refractivity contribution in [3.05, 3.63) is 59.2 Å². The molecule has 3 aliphatic heterocycles. The molecule has 42 heavy (non-hydrogen) atoms. The van der Waals surface area contributed by atoms with E-state index >= 15 is 0 Å². The number of fused-ring (bicyclic) bond motifs is 4. The standard InChI is InChI=1S/C33H47N5O4/c1-33(2,3)42-32(40)37-21-19-36(20-22-37)17-10-6-5-9-16-34-31(39)41-27-13-14-29-26(23-27)24-38-18-15-25-11-7-8-12-28(25)30(38)35(29)4/h7-8,11-14,23,30H,5-6,9-10,15-22,24H2,1-4H3,(H,34,39). The fourth-order valence-corrected chi connectivity index (χ4v) is 6.29. The van der Waals surface area contributed by atoms with Crippen molar-refractivity contribution in [1.29, 1.82) is 0 Å². The lowest BCUT2D eigenvalue weighted by atomic mass is 9.93. The maximum atomic E-state index is 12.5. The van der Waals surface area contributed by atoms with Gasteiger partial charge in [0.1, 0.15) is 17.5 Å². The van der Waals surface area contributed by atoms with Gasteiger partial charge in [-0.15, -0.1) is 0 Å². The Kier molecular flexibility index (Phi) is 9.58. The molecule has 228 valence electrons. The topological polar surface area (TPSA) is 77.6 Å². The van der Waals surface area contributed by atoms with Crippen molar-refractivity contribution in [2.75, 3.05) is 57.8 Å². The number of carbonyl (C=O) groups is 2. The Hall–Kier alpha value is -3.30. The van der Waals surface area contributed by atoms with Crippen LogP contribution in [0.5, 0.6) is 5.75 Å². The Morgan fingerprint density at radius 1 is 0.929 bits per heavy atom. The number of hydrogen-bond acceptors (Lipinski definition) is 7. The van der Waals surface area contributed by atoms with Gasteiger partial charge < -0.3 is 24.6 Å². The van der Waals surface area contributed by atoms with E-state index < -0.39 is 11.7 Å². The smallest absolute Gasteiger partial charge is 0.412 e. The Bertz CT molecular complexity index is 1240. The summed E-state index contributed by atoms with van der Waals surface area (Å²) in [6, 6.07) is 14.7. The summed E-state index contributed by atoms with van der Waals surface area (Å²) in [5.74, 6) is 0.585. The third-order valence-corrected chi connectivity index (χ3v) is 8.42. The predicted molar refractivity (Wildman–Crippen MR) is 165 cm³/mol. The largest absolute Gasteiger partial charge is 0.444 e. The van der Waals surface area contributed by atoms with Gasteiger partial charge in [-0.25, -0.2) is 9.59 Å². The van der Waals surface area contributed by atoms with Crippen LogP contribution in [0.2, 0.25) is 0 Å². The molecule has 3 aliphatic rings. The van der Waals surface area contributed by atoms with Crippen LogP contribution in [0.15, 0.2) is 42.5 Å². The second kappa shape index (κ2) is 13.3. The highest BCUT2D eigenvalue weighted by molar-refractivity contribution is 5.71. The number of benzene rings is 2. The second-order valence-corrected chi connectivity index (χ2v) is 12.7. The van der Waals surface area contributed by atoms with E-state index in [0.717, 1.165) is 77.9 Å². The Morgan fingerprint density at radius 3 is 2.48 bits per heavy atom. The quantitative estimate of drug-likeness (QED) is 0.421. The lowest BCUT2D eigenvalue weighted by Gasteiger charge is -2.47. The van der Waals surface area contributed by atoms with Gasteiger partial charge in [-0.05, 0) is 81.5 Å². The molecule has 0 spiro atoms. The number of nitrogens with zero attached hydrogens (tertiary/aromatic N) is 4. The summed E-state index contributed by atoms with van der Waals surface area (Å²) < 4.78 is 11.1. The predicted octanol–water partition coefficient (Wildman–Crippen LogP) is 5.39. The fourth-order valence-electron chi connectivity index (χ4n) is 6.29. The average Bonchev–Trinajstić information content (AvgIpc) is 2.96. The first-order valence-corrected chi connectivity index (χ1v) is 15.5. The normalized spacial score (nSPS) is 19.0. The highest BCUT2D eigenvalue weighted by Crippen LogP contribution is 2.42. The van der Waals surface area contributed by atoms with E-state index in [1.54, 1.807) is 4.90 Å². The van der Waals surface area contributed by atoms with Crippen molar-refractivity contribution in [1.82, 2.24) is 20.0 Å². The first kappa shape index (κ1) is 30.2. The van der Waals surface area contributed by atoms with Gasteiger partial charge in [0.05, 0.1) is 0 Å². The Balaban J connectivity index is 0.972. The van der Waals surface area contributed by atoms with E-state index in [0.29, 0.717) is 12.3 Å². The number of carbonyl (C=O) groups excluding carboxylic acids is 2. The van der Waals surface area contributed by atoms with Crippen LogP contribution in [-0.2, 0) is 17.7 Å². The van der Waals surface area contributed by atoms with Crippen LogP contribution < -0.4 is 15.0 Å². The number of ether oxygens (including phenoxy) is 2. The summed E-state index contributed by atoms with van der Waals surface area (Å²) in [7, 11) is 2.15. The molecule has 2 amide bonds. The van der Waals surface area contributed by atoms with Crippen LogP contribution >= 0.6 is 0 Å². The fraction of sp³-hybridized carbons (Fsp3) is 0.576. The molecular weight excluding hydrogens is 530 g/mol. The van der Waals surface area contributed by atoms with E-state index in [1.165, 1.54) is 22.4 Å². The molecule has 9 nitrogen and oxygen atoms in total. The Labute approximate surface area is 250 Å². The minimum atomic E-state index is -0.454. The summed E-state index contributed by atoms with van der Waals surface area (Å²) >= 11 is 0. The van der Waals surface area contributed by atoms with Crippen molar-refractivity contribution in [2.24, 2.45) is 0 Å². The zero-order valence-corrected chi connectivity index (χ0v) is 25.7. The number of nitrogens with one attached hydrogen (secondary N) is 1. The molecule has 1 atom stereocenters. The van der Waals surface area contributed by atoms with Crippen LogP contribution in [-0.4, -0.2) is 85.3 Å². The van der Waals surface area contributed by atoms with Crippen molar-refractivity contribution in [3.63, 3.8) is 0 Å². The molecular formula is C33H47N5O4. The summed E-state index contributed by atoms with van der Waals surface area (Å²) in [6.45, 7) is 12.4. The summed E-state index contributed by atoms with van der Waals surface area (Å²) in [5.41, 5.74) is 4.73. The maximum Gasteiger partial charge on any atom is 0.412 e. The molecule has 2 aromatic carbocycles. The first-order chi connectivity index (χ1) is 20.2. The third kappa shape index (κ3) is 7.55. The molecule has 1 fully saturated rings. The first-order valence-electron chi connectivity index (χ1n) is 15.5. The molecule has 2 aromatic rings. The molecule has 1 saturated heterocycles. The zero-order chi connectivity index (χ0) is 29.7. The van der Waals surface area contributed by atoms with Crippen LogP contribution in [0.3, 0.4) is 0 Å². The van der Waals surface area contributed by atoms with E-state index in [-0.39, 0.29) is 12.3 Å². The van der Waals surface area contributed by atoms with Gasteiger partial charge in [0.25, 0.3) is 0 Å². The van der Waals surface area contributed by atoms with E-state index in [2.05, 4.69) is 57.4 Å². The van der Waals surface area contributed by atoms with Gasteiger partial charge in [0, 0.05) is 58.5 Å². The van der Waals surface area contributed by atoms with E-state index in [9.17, 15) is 9.59 Å². The molecule has 0 bridgehead atoms. The van der Waals surface area contributed by atoms with Crippen LogP contribution in [0.4, 0.5) is 15.3 Å². The minimum Gasteiger partial charge on any atom is -0.444 e. The lowest BCUT2D eigenvalue weighted by molar-refractivity contribution is 0.0144. The molecule has 0 aliphatic carbocycles. The Morgan fingerprint density at radius 2 is 1.69 bits per heavy atom. The maximum absolute atomic E-state index is 12.5. The highest BCUT2D eigenvalue weighted by atomic mass is 16.6. The lowest BCUT2D eigenvalue weighted by Crippen LogP contribution is -2.50. The van der Waals surface area contributed by atoms with Crippen molar-refractivity contribution < 1.29 is 19.1 Å². The molecule has 9 heteroatoms. The zero-order valence-electron chi connectivity index (χ0n) is 25.7. The number of hydrogen-bond donors (Lipinski definition) is 1. The van der Waals surface area contributed by atoms with Crippen LogP contribution in [0.25, 0.3) is 0 Å². The SMILES string of the molecule is CN1c2ccc(OC(=O)NCCCCCCN3CCN(C(=O)OC(C)(C)C)CC3)cc2CN2CCc3ccccc3C21. The molecule has 3 heterocycles. The summed E-state index contributed by atoms with van der Waals surface area (Å²) in [6.07, 6.45) is 4.90. The number of amides is 2. The van der Waals surface area contributed by atoms with E-state index in [1.807, 2.05) is 32.9 Å². The van der Waals surface area contributed by atoms with Gasteiger partial charge >= 0.3 is 12.2 Å². The number of rotatable bonds is 8. The molecule has 0 aromatic heterocycles. The van der Waals surface area contributed by atoms with Crippen molar-refractivity contribution >= 4 is 17.9 Å². The molecule has 5 rings (SSSR count). The third-order valence-electron chi connectivity index (χ3n) is 8.42. The van der Waals surface area contributed by atoms with Gasteiger partial charge in [-0.3, -0.25) is 9.80 Å². The summed E-state index contributed by atoms with van der Waals surface area (Å²) in [4.78, 5) is 33.7. The molecule has 1 N–H and O–H groups in total. The van der Waals surface area contributed by atoms with Gasteiger partial charge in [-0.2, -0.15) is 0 Å². The minimum absolute atomic E-state index is 0.213. The van der Waals surface area contributed by atoms with Crippen molar-refractivity contribution in [3.8, 4) is 5.75 Å². The van der Waals surface area contributed by atoms with Gasteiger partial charge in [0.15, 0.2) is 0 Å². The number of piperazine rings is 1. The number of anilines is 1. The van der Waals surface area contributed by atoms with Gasteiger partial charge in [0.2, 0.25) is 0 Å². The van der Waals surface area contributed by atoms with Gasteiger partial charge in [-0.1, -0.05) is 37.1 Å². The highest BCUT2D eigenvalue weighted by Gasteiger charge is 2.35. The van der Waals surface area contributed by atoms with Crippen LogP contribution in [0.1, 0.15) is 69.3 Å². The average molecular weight is 578 g/mol. The molecule has 1 unspecified atom stereocenters. The van der Waals surface area contributed by atoms with Crippen LogP contribution in [0, 0.1) is 0 Å². The van der Waals surface area contributed by atoms with E-state index in [4.69, 9.17) is 9.47 Å². The monoisotopic (exact) mass is 577 g/mol. The summed E-state index contributed by atoms with van der Waals surface area (Å²) in [5, 5.41) is 2.91.